The van der Waals surface area contributed by atoms with E-state index in [-0.39, 0.29) is 11.6 Å². The molecule has 0 aliphatic carbocycles. The first-order valence-corrected chi connectivity index (χ1v) is 12.9. The second-order valence-corrected chi connectivity index (χ2v) is 10.4. The number of nitrogens with two attached hydrogens (primary N) is 1. The highest BCUT2D eigenvalue weighted by atomic mass is 35.5. The van der Waals surface area contributed by atoms with Crippen LogP contribution in [0.5, 0.6) is 5.75 Å². The standard InChI is InChI=1S/C27H24Cl2N8O/c1-16(25-20(28)12-31-13-21(25)29)38-18-5-6-22-19(10-18)26(36-33-22)23-7-8-24(35-34-23)37-14-27(30,15-37)11-17-4-2-3-9-32-17/h2-10,12-13,16H,11,14-15,30H2,1H3,(H,33,36)/t16-/m1/s1. The fraction of sp³-hybridized carbons (Fsp3) is 0.222. The molecule has 0 unspecified atom stereocenters. The molecule has 0 radical (unpaired) electrons. The molecule has 1 saturated heterocycles. The molecule has 0 bridgehead atoms. The van der Waals surface area contributed by atoms with Gasteiger partial charge in [0.25, 0.3) is 0 Å². The maximum atomic E-state index is 6.56. The molecule has 192 valence electrons. The van der Waals surface area contributed by atoms with Gasteiger partial charge in [-0.15, -0.1) is 10.2 Å². The molecule has 9 nitrogen and oxygen atoms in total. The average Bonchev–Trinajstić information content (AvgIpc) is 3.31. The van der Waals surface area contributed by atoms with Gasteiger partial charge in [-0.1, -0.05) is 29.3 Å². The van der Waals surface area contributed by atoms with Gasteiger partial charge in [0.15, 0.2) is 5.82 Å². The van der Waals surface area contributed by atoms with E-state index in [4.69, 9.17) is 33.7 Å². The van der Waals surface area contributed by atoms with Crippen LogP contribution in [0.2, 0.25) is 10.0 Å². The molecule has 38 heavy (non-hydrogen) atoms. The molecule has 3 N–H and O–H groups in total. The maximum absolute atomic E-state index is 6.56. The van der Waals surface area contributed by atoms with Crippen molar-refractivity contribution in [3.8, 4) is 17.1 Å². The molecule has 1 atom stereocenters. The van der Waals surface area contributed by atoms with Gasteiger partial charge in [-0.3, -0.25) is 15.1 Å². The lowest BCUT2D eigenvalue weighted by molar-refractivity contribution is 0.227. The van der Waals surface area contributed by atoms with Crippen LogP contribution in [0, 0.1) is 0 Å². The smallest absolute Gasteiger partial charge is 0.151 e. The molecule has 1 aliphatic heterocycles. The molecule has 6 rings (SSSR count). The van der Waals surface area contributed by atoms with Crippen molar-refractivity contribution in [3.05, 3.63) is 88.4 Å². The number of hydrogen-bond donors (Lipinski definition) is 2. The Morgan fingerprint density at radius 3 is 2.61 bits per heavy atom. The van der Waals surface area contributed by atoms with Gasteiger partial charge in [-0.05, 0) is 49.4 Å². The van der Waals surface area contributed by atoms with Gasteiger partial charge >= 0.3 is 0 Å². The molecule has 1 aromatic carbocycles. The number of nitrogens with zero attached hydrogens (tertiary/aromatic N) is 6. The number of anilines is 1. The van der Waals surface area contributed by atoms with Crippen molar-refractivity contribution in [2.24, 2.45) is 5.73 Å². The van der Waals surface area contributed by atoms with Crippen molar-refractivity contribution in [2.45, 2.75) is 25.0 Å². The van der Waals surface area contributed by atoms with Crippen LogP contribution < -0.4 is 15.4 Å². The zero-order valence-corrected chi connectivity index (χ0v) is 22.0. The Labute approximate surface area is 229 Å². The molecule has 5 aromatic rings. The van der Waals surface area contributed by atoms with Gasteiger partial charge in [0.05, 0.1) is 21.1 Å². The number of aromatic amines is 1. The summed E-state index contributed by atoms with van der Waals surface area (Å²) in [4.78, 5) is 10.5. The third kappa shape index (κ3) is 4.76. The second kappa shape index (κ2) is 9.83. The highest BCUT2D eigenvalue weighted by molar-refractivity contribution is 6.35. The predicted octanol–water partition coefficient (Wildman–Crippen LogP) is 5.02. The zero-order chi connectivity index (χ0) is 26.3. The van der Waals surface area contributed by atoms with Crippen molar-refractivity contribution >= 4 is 39.9 Å². The summed E-state index contributed by atoms with van der Waals surface area (Å²) in [6, 6.07) is 15.4. The SMILES string of the molecule is C[C@@H](Oc1ccc2[nH]nc(-c3ccc(N4CC(N)(Cc5ccccn5)C4)nn3)c2c1)c1c(Cl)cncc1Cl. The van der Waals surface area contributed by atoms with Gasteiger partial charge < -0.3 is 15.4 Å². The van der Waals surface area contributed by atoms with Gasteiger partial charge in [0.2, 0.25) is 0 Å². The summed E-state index contributed by atoms with van der Waals surface area (Å²) in [6.07, 6.45) is 5.23. The number of pyridine rings is 2. The summed E-state index contributed by atoms with van der Waals surface area (Å²) in [5.41, 5.74) is 10.1. The first-order chi connectivity index (χ1) is 18.4. The molecule has 11 heteroatoms. The number of nitrogens with one attached hydrogen (secondary N) is 1. The fourth-order valence-electron chi connectivity index (χ4n) is 4.81. The Balaban J connectivity index is 1.18. The number of benzene rings is 1. The third-order valence-electron chi connectivity index (χ3n) is 6.63. The zero-order valence-electron chi connectivity index (χ0n) is 20.5. The molecule has 5 heterocycles. The van der Waals surface area contributed by atoms with Crippen molar-refractivity contribution in [1.82, 2.24) is 30.4 Å². The number of ether oxygens (including phenoxy) is 1. The van der Waals surface area contributed by atoms with E-state index in [1.165, 1.54) is 0 Å². The highest BCUT2D eigenvalue weighted by Gasteiger charge is 2.40. The predicted molar refractivity (Wildman–Crippen MR) is 147 cm³/mol. The molecule has 1 fully saturated rings. The van der Waals surface area contributed by atoms with Crippen molar-refractivity contribution in [1.29, 1.82) is 0 Å². The lowest BCUT2D eigenvalue weighted by Crippen LogP contribution is -2.69. The molecule has 0 spiro atoms. The number of halogens is 2. The van der Waals surface area contributed by atoms with Crippen LogP contribution >= 0.6 is 23.2 Å². The van der Waals surface area contributed by atoms with Crippen LogP contribution in [0.25, 0.3) is 22.3 Å². The van der Waals surface area contributed by atoms with Crippen molar-refractivity contribution in [2.75, 3.05) is 18.0 Å². The van der Waals surface area contributed by atoms with E-state index in [2.05, 4.69) is 35.3 Å². The molecular weight excluding hydrogens is 523 g/mol. The van der Waals surface area contributed by atoms with Crippen LogP contribution in [-0.4, -0.2) is 49.0 Å². The van der Waals surface area contributed by atoms with Crippen LogP contribution in [0.4, 0.5) is 5.82 Å². The summed E-state index contributed by atoms with van der Waals surface area (Å²) in [6.45, 7) is 3.26. The maximum Gasteiger partial charge on any atom is 0.151 e. The summed E-state index contributed by atoms with van der Waals surface area (Å²) in [5, 5.41) is 18.2. The molecule has 4 aromatic heterocycles. The Hall–Kier alpha value is -3.79. The van der Waals surface area contributed by atoms with Gasteiger partial charge in [0, 0.05) is 54.7 Å². The minimum absolute atomic E-state index is 0.328. The Bertz CT molecular complexity index is 1570. The number of H-pyrrole nitrogens is 1. The molecular formula is C27H24Cl2N8O. The lowest BCUT2D eigenvalue weighted by Gasteiger charge is -2.48. The summed E-state index contributed by atoms with van der Waals surface area (Å²) in [5.74, 6) is 1.42. The van der Waals surface area contributed by atoms with Gasteiger partial charge in [-0.25, -0.2) is 0 Å². The molecule has 0 saturated carbocycles. The monoisotopic (exact) mass is 546 g/mol. The van der Waals surface area contributed by atoms with E-state index in [1.807, 2.05) is 55.5 Å². The number of fused-ring (bicyclic) bond motifs is 1. The Morgan fingerprint density at radius 1 is 1.08 bits per heavy atom. The van der Waals surface area contributed by atoms with Crippen LogP contribution in [0.3, 0.4) is 0 Å². The third-order valence-corrected chi connectivity index (χ3v) is 7.23. The summed E-state index contributed by atoms with van der Waals surface area (Å²) < 4.78 is 6.17. The van der Waals surface area contributed by atoms with Crippen molar-refractivity contribution in [3.63, 3.8) is 0 Å². The van der Waals surface area contributed by atoms with Crippen LogP contribution in [0.15, 0.2) is 67.1 Å². The van der Waals surface area contributed by atoms with Gasteiger partial charge in [0.1, 0.15) is 23.2 Å². The van der Waals surface area contributed by atoms with E-state index in [0.29, 0.717) is 45.8 Å². The van der Waals surface area contributed by atoms with Crippen LogP contribution in [-0.2, 0) is 6.42 Å². The highest BCUT2D eigenvalue weighted by Crippen LogP contribution is 2.35. The summed E-state index contributed by atoms with van der Waals surface area (Å²) in [7, 11) is 0. The lowest BCUT2D eigenvalue weighted by atomic mass is 9.86. The van der Waals surface area contributed by atoms with E-state index in [0.717, 1.165) is 28.8 Å². The fourth-order valence-corrected chi connectivity index (χ4v) is 5.48. The number of aromatic nitrogens is 6. The molecule has 1 aliphatic rings. The average molecular weight is 547 g/mol. The first-order valence-electron chi connectivity index (χ1n) is 12.1. The minimum atomic E-state index is -0.381. The van der Waals surface area contributed by atoms with E-state index >= 15 is 0 Å². The molecule has 0 amide bonds. The number of hydrogen-bond acceptors (Lipinski definition) is 8. The Morgan fingerprint density at radius 2 is 1.89 bits per heavy atom. The van der Waals surface area contributed by atoms with E-state index in [1.54, 1.807) is 18.6 Å². The largest absolute Gasteiger partial charge is 0.486 e. The normalized spacial score (nSPS) is 15.3. The van der Waals surface area contributed by atoms with E-state index < -0.39 is 0 Å². The van der Waals surface area contributed by atoms with E-state index in [9.17, 15) is 0 Å². The minimum Gasteiger partial charge on any atom is -0.486 e. The number of rotatable bonds is 7. The first kappa shape index (κ1) is 24.5. The van der Waals surface area contributed by atoms with Crippen molar-refractivity contribution < 1.29 is 4.74 Å². The van der Waals surface area contributed by atoms with Crippen LogP contribution in [0.1, 0.15) is 24.3 Å². The topological polar surface area (TPSA) is 119 Å². The van der Waals surface area contributed by atoms with Gasteiger partial charge in [-0.2, -0.15) is 5.10 Å². The Kier molecular flexibility index (Phi) is 6.35. The quantitative estimate of drug-likeness (QED) is 0.292. The summed E-state index contributed by atoms with van der Waals surface area (Å²) >= 11 is 12.6. The second-order valence-electron chi connectivity index (χ2n) is 9.55.